The number of carbonyl (C=O) groups excluding carboxylic acids is 1. The second-order valence-electron chi connectivity index (χ2n) is 4.62. The molecule has 0 aliphatic carbocycles. The largest absolute Gasteiger partial charge is 0.362 e. The minimum Gasteiger partial charge on any atom is -0.362 e. The minimum absolute atomic E-state index is 0.0927. The van der Waals surface area contributed by atoms with E-state index in [0.29, 0.717) is 13.0 Å². The topological polar surface area (TPSA) is 38.3 Å². The second-order valence-corrected chi connectivity index (χ2v) is 4.62. The Bertz CT molecular complexity index is 443. The molecule has 2 atom stereocenters. The number of fused-ring (bicyclic) bond motifs is 2. The van der Waals surface area contributed by atoms with E-state index in [4.69, 9.17) is 4.74 Å². The standard InChI is InChI=1S/C13H15NO2/c1-9-10-4-2-3-5-11(10)13(16-9)6-7-14-12(15)8-13/h2-5,9H,6-8H2,1H3,(H,14,15)/t9-,13-/m0/s1. The summed E-state index contributed by atoms with van der Waals surface area (Å²) in [6.45, 7) is 2.76. The quantitative estimate of drug-likeness (QED) is 0.720. The minimum atomic E-state index is -0.363. The van der Waals surface area contributed by atoms with Gasteiger partial charge in [0.2, 0.25) is 5.91 Å². The lowest BCUT2D eigenvalue weighted by Crippen LogP contribution is -2.43. The molecule has 0 bridgehead atoms. The molecule has 1 N–H and O–H groups in total. The predicted octanol–water partition coefficient (Wildman–Crippen LogP) is 1.88. The van der Waals surface area contributed by atoms with Gasteiger partial charge >= 0.3 is 0 Å². The van der Waals surface area contributed by atoms with Crippen molar-refractivity contribution in [3.63, 3.8) is 0 Å². The van der Waals surface area contributed by atoms with Crippen LogP contribution in [-0.4, -0.2) is 12.5 Å². The van der Waals surface area contributed by atoms with Crippen molar-refractivity contribution in [2.75, 3.05) is 6.54 Å². The predicted molar refractivity (Wildman–Crippen MR) is 59.9 cm³/mol. The van der Waals surface area contributed by atoms with Gasteiger partial charge in [0.25, 0.3) is 0 Å². The first-order valence-electron chi connectivity index (χ1n) is 5.75. The highest BCUT2D eigenvalue weighted by molar-refractivity contribution is 5.78. The molecule has 3 nitrogen and oxygen atoms in total. The lowest BCUT2D eigenvalue weighted by Gasteiger charge is -2.33. The number of carbonyl (C=O) groups is 1. The van der Waals surface area contributed by atoms with Gasteiger partial charge in [0.05, 0.1) is 12.5 Å². The molecular formula is C13H15NO2. The molecule has 0 radical (unpaired) electrons. The lowest BCUT2D eigenvalue weighted by molar-refractivity contribution is -0.139. The number of hydrogen-bond acceptors (Lipinski definition) is 2. The summed E-state index contributed by atoms with van der Waals surface area (Å²) in [5.74, 6) is 0.0927. The number of piperidine rings is 1. The van der Waals surface area contributed by atoms with Crippen LogP contribution in [0.25, 0.3) is 0 Å². The fourth-order valence-corrected chi connectivity index (χ4v) is 2.88. The van der Waals surface area contributed by atoms with E-state index in [2.05, 4.69) is 24.4 Å². The number of nitrogens with one attached hydrogen (secondary N) is 1. The summed E-state index contributed by atoms with van der Waals surface area (Å²) in [6, 6.07) is 8.24. The molecule has 2 aliphatic rings. The van der Waals surface area contributed by atoms with Crippen molar-refractivity contribution >= 4 is 5.91 Å². The Hall–Kier alpha value is -1.35. The van der Waals surface area contributed by atoms with E-state index < -0.39 is 0 Å². The molecule has 1 aromatic rings. The van der Waals surface area contributed by atoms with Gasteiger partial charge in [0.1, 0.15) is 5.60 Å². The van der Waals surface area contributed by atoms with Crippen molar-refractivity contribution in [1.29, 1.82) is 0 Å². The smallest absolute Gasteiger partial charge is 0.223 e. The third-order valence-corrected chi connectivity index (χ3v) is 3.59. The maximum Gasteiger partial charge on any atom is 0.223 e. The van der Waals surface area contributed by atoms with Gasteiger partial charge in [-0.25, -0.2) is 0 Å². The molecule has 1 amide bonds. The Morgan fingerprint density at radius 1 is 1.44 bits per heavy atom. The van der Waals surface area contributed by atoms with E-state index in [-0.39, 0.29) is 17.6 Å². The highest BCUT2D eigenvalue weighted by Gasteiger charge is 2.46. The van der Waals surface area contributed by atoms with Crippen molar-refractivity contribution in [2.45, 2.75) is 31.5 Å². The first-order valence-corrected chi connectivity index (χ1v) is 5.75. The highest BCUT2D eigenvalue weighted by atomic mass is 16.5. The summed E-state index contributed by atoms with van der Waals surface area (Å²) in [7, 11) is 0. The van der Waals surface area contributed by atoms with Gasteiger partial charge in [-0.05, 0) is 24.5 Å². The van der Waals surface area contributed by atoms with Crippen LogP contribution in [0.3, 0.4) is 0 Å². The van der Waals surface area contributed by atoms with Crippen LogP contribution >= 0.6 is 0 Å². The monoisotopic (exact) mass is 217 g/mol. The van der Waals surface area contributed by atoms with Gasteiger partial charge in [-0.1, -0.05) is 24.3 Å². The van der Waals surface area contributed by atoms with Crippen LogP contribution in [0.2, 0.25) is 0 Å². The molecular weight excluding hydrogens is 202 g/mol. The van der Waals surface area contributed by atoms with Crippen LogP contribution in [0.1, 0.15) is 37.0 Å². The van der Waals surface area contributed by atoms with Crippen molar-refractivity contribution in [1.82, 2.24) is 5.32 Å². The molecule has 1 saturated heterocycles. The van der Waals surface area contributed by atoms with Gasteiger partial charge in [-0.15, -0.1) is 0 Å². The lowest BCUT2D eigenvalue weighted by atomic mass is 9.84. The van der Waals surface area contributed by atoms with E-state index >= 15 is 0 Å². The molecule has 1 spiro atoms. The molecule has 2 heterocycles. The summed E-state index contributed by atoms with van der Waals surface area (Å²) < 4.78 is 6.07. The molecule has 16 heavy (non-hydrogen) atoms. The Labute approximate surface area is 94.8 Å². The molecule has 2 aliphatic heterocycles. The van der Waals surface area contributed by atoms with Crippen LogP contribution in [-0.2, 0) is 15.1 Å². The molecule has 3 rings (SSSR count). The van der Waals surface area contributed by atoms with Crippen molar-refractivity contribution in [3.05, 3.63) is 35.4 Å². The Morgan fingerprint density at radius 3 is 3.06 bits per heavy atom. The molecule has 0 unspecified atom stereocenters. The van der Waals surface area contributed by atoms with Crippen molar-refractivity contribution in [3.8, 4) is 0 Å². The zero-order valence-electron chi connectivity index (χ0n) is 9.32. The van der Waals surface area contributed by atoms with Gasteiger partial charge in [-0.2, -0.15) is 0 Å². The number of ether oxygens (including phenoxy) is 1. The van der Waals surface area contributed by atoms with Gasteiger partial charge in [0, 0.05) is 6.54 Å². The molecule has 1 aromatic carbocycles. The van der Waals surface area contributed by atoms with E-state index in [0.717, 1.165) is 6.42 Å². The Kier molecular flexibility index (Phi) is 2.04. The third kappa shape index (κ3) is 1.28. The molecule has 3 heteroatoms. The van der Waals surface area contributed by atoms with E-state index in [1.165, 1.54) is 11.1 Å². The fourth-order valence-electron chi connectivity index (χ4n) is 2.88. The Balaban J connectivity index is 2.07. The van der Waals surface area contributed by atoms with Crippen LogP contribution in [0.4, 0.5) is 0 Å². The SMILES string of the molecule is C[C@@H]1O[C@]2(CCNC(=O)C2)c2ccccc21. The summed E-state index contributed by atoms with van der Waals surface area (Å²) in [6.07, 6.45) is 1.43. The van der Waals surface area contributed by atoms with Crippen molar-refractivity contribution < 1.29 is 9.53 Å². The molecule has 84 valence electrons. The van der Waals surface area contributed by atoms with E-state index in [1.54, 1.807) is 0 Å². The number of rotatable bonds is 0. The first-order chi connectivity index (χ1) is 7.71. The molecule has 0 saturated carbocycles. The fraction of sp³-hybridized carbons (Fsp3) is 0.462. The maximum atomic E-state index is 11.5. The van der Waals surface area contributed by atoms with Crippen LogP contribution in [0.5, 0.6) is 0 Å². The summed E-state index contributed by atoms with van der Waals surface area (Å²) in [5, 5.41) is 2.86. The average molecular weight is 217 g/mol. The highest BCUT2D eigenvalue weighted by Crippen LogP contribution is 2.48. The van der Waals surface area contributed by atoms with Crippen LogP contribution in [0.15, 0.2) is 24.3 Å². The summed E-state index contributed by atoms with van der Waals surface area (Å²) in [4.78, 5) is 11.5. The average Bonchev–Trinajstić information content (AvgIpc) is 2.53. The molecule has 0 aromatic heterocycles. The number of amides is 1. The zero-order valence-corrected chi connectivity index (χ0v) is 9.32. The van der Waals surface area contributed by atoms with Gasteiger partial charge < -0.3 is 10.1 Å². The van der Waals surface area contributed by atoms with Crippen LogP contribution < -0.4 is 5.32 Å². The number of hydrogen-bond donors (Lipinski definition) is 1. The Morgan fingerprint density at radius 2 is 2.25 bits per heavy atom. The van der Waals surface area contributed by atoms with Gasteiger partial charge in [0.15, 0.2) is 0 Å². The van der Waals surface area contributed by atoms with E-state index in [9.17, 15) is 4.79 Å². The van der Waals surface area contributed by atoms with Gasteiger partial charge in [-0.3, -0.25) is 4.79 Å². The molecule has 1 fully saturated rings. The number of benzene rings is 1. The first kappa shape index (κ1) is 9.85. The second kappa shape index (κ2) is 3.32. The van der Waals surface area contributed by atoms with Crippen molar-refractivity contribution in [2.24, 2.45) is 0 Å². The van der Waals surface area contributed by atoms with Crippen LogP contribution in [0, 0.1) is 0 Å². The van der Waals surface area contributed by atoms with E-state index in [1.807, 2.05) is 12.1 Å². The summed E-state index contributed by atoms with van der Waals surface area (Å²) in [5.41, 5.74) is 2.08. The third-order valence-electron chi connectivity index (χ3n) is 3.59. The normalized spacial score (nSPS) is 32.6. The maximum absolute atomic E-state index is 11.5. The summed E-state index contributed by atoms with van der Waals surface area (Å²) >= 11 is 0. The zero-order chi connectivity index (χ0) is 11.2.